The summed E-state index contributed by atoms with van der Waals surface area (Å²) in [7, 11) is 0. The second-order valence-corrected chi connectivity index (χ2v) is 10.4. The number of anilines is 1. The summed E-state index contributed by atoms with van der Waals surface area (Å²) in [5.74, 6) is -1.42. The van der Waals surface area contributed by atoms with Crippen LogP contribution in [0.1, 0.15) is 29.5 Å². The molecule has 0 saturated carbocycles. The van der Waals surface area contributed by atoms with E-state index in [1.807, 2.05) is 60.7 Å². The highest BCUT2D eigenvalue weighted by atomic mass is 16.5. The number of nitrogens with zero attached hydrogens (tertiary/aromatic N) is 1. The van der Waals surface area contributed by atoms with E-state index in [1.54, 1.807) is 25.1 Å². The predicted molar refractivity (Wildman–Crippen MR) is 171 cm³/mol. The Morgan fingerprint density at radius 1 is 0.889 bits per heavy atom. The molecule has 0 spiro atoms. The number of benzene rings is 3. The third-order valence-electron chi connectivity index (χ3n) is 6.90. The number of nitrogens with one attached hydrogen (secondary N) is 3. The summed E-state index contributed by atoms with van der Waals surface area (Å²) >= 11 is 0. The molecular weight excluding hydrogens is 576 g/mol. The van der Waals surface area contributed by atoms with Crippen LogP contribution in [0.4, 0.5) is 10.5 Å². The molecule has 4 rings (SSSR count). The van der Waals surface area contributed by atoms with Gasteiger partial charge in [-0.3, -0.25) is 19.9 Å². The lowest BCUT2D eigenvalue weighted by Crippen LogP contribution is -2.52. The number of guanidine groups is 1. The second kappa shape index (κ2) is 15.7. The van der Waals surface area contributed by atoms with Gasteiger partial charge in [0, 0.05) is 36.2 Å². The number of ether oxygens (including phenoxy) is 1. The monoisotopic (exact) mass is 612 g/mol. The fourth-order valence-corrected chi connectivity index (χ4v) is 4.65. The Kier molecular flexibility index (Phi) is 11.3. The van der Waals surface area contributed by atoms with Crippen LogP contribution in [-0.4, -0.2) is 42.5 Å². The Balaban J connectivity index is 1.49. The van der Waals surface area contributed by atoms with Gasteiger partial charge in [0.25, 0.3) is 0 Å². The first-order chi connectivity index (χ1) is 21.7. The van der Waals surface area contributed by atoms with Gasteiger partial charge in [-0.2, -0.15) is 0 Å². The fourth-order valence-electron chi connectivity index (χ4n) is 4.65. The van der Waals surface area contributed by atoms with Gasteiger partial charge in [0.05, 0.1) is 0 Å². The van der Waals surface area contributed by atoms with E-state index >= 15 is 0 Å². The molecule has 3 amide bonds. The molecule has 45 heavy (non-hydrogen) atoms. The van der Waals surface area contributed by atoms with Crippen LogP contribution in [0.2, 0.25) is 0 Å². The zero-order chi connectivity index (χ0) is 32.2. The average Bonchev–Trinajstić information content (AvgIpc) is 3.01. The van der Waals surface area contributed by atoms with Gasteiger partial charge in [-0.05, 0) is 48.6 Å². The lowest BCUT2D eigenvalue weighted by molar-refractivity contribution is -0.132. The number of imide groups is 1. The molecule has 1 aromatic heterocycles. The van der Waals surface area contributed by atoms with Gasteiger partial charge in [-0.15, -0.1) is 0 Å². The molecule has 7 N–H and O–H groups in total. The molecule has 0 saturated heterocycles. The number of aryl methyl sites for hydroxylation is 1. The van der Waals surface area contributed by atoms with Crippen molar-refractivity contribution in [1.82, 2.24) is 10.6 Å². The van der Waals surface area contributed by atoms with Gasteiger partial charge in [-0.1, -0.05) is 60.7 Å². The number of rotatable bonds is 13. The summed E-state index contributed by atoms with van der Waals surface area (Å²) in [5, 5.41) is 8.90. The van der Waals surface area contributed by atoms with Crippen LogP contribution >= 0.6 is 0 Å². The van der Waals surface area contributed by atoms with E-state index in [4.69, 9.17) is 20.6 Å². The zero-order valence-corrected chi connectivity index (χ0v) is 24.8. The summed E-state index contributed by atoms with van der Waals surface area (Å²) in [6.45, 7) is 2.08. The van der Waals surface area contributed by atoms with Crippen molar-refractivity contribution in [1.29, 1.82) is 0 Å². The van der Waals surface area contributed by atoms with E-state index in [9.17, 15) is 19.2 Å². The lowest BCUT2D eigenvalue weighted by Gasteiger charge is -2.22. The fraction of sp³-hybridized carbons (Fsp3) is 0.242. The Hall–Kier alpha value is -5.65. The smallest absolute Gasteiger partial charge is 0.408 e. The number of aliphatic imine (C=N–C) groups is 1. The Labute approximate surface area is 259 Å². The number of carbonyl (C=O) groups excluding carboxylic acids is 3. The number of carbonyl (C=O) groups is 3. The number of fused-ring (bicyclic) bond motifs is 1. The molecule has 4 aromatic rings. The molecule has 0 radical (unpaired) electrons. The third kappa shape index (κ3) is 9.95. The molecule has 12 heteroatoms. The summed E-state index contributed by atoms with van der Waals surface area (Å²) in [6, 6.07) is 22.7. The van der Waals surface area contributed by atoms with Crippen LogP contribution < -0.4 is 33.0 Å². The van der Waals surface area contributed by atoms with Gasteiger partial charge in [-0.25, -0.2) is 9.59 Å². The van der Waals surface area contributed by atoms with E-state index in [1.165, 1.54) is 6.07 Å². The Morgan fingerprint density at radius 3 is 2.24 bits per heavy atom. The summed E-state index contributed by atoms with van der Waals surface area (Å²) in [5.41, 5.74) is 13.5. The van der Waals surface area contributed by atoms with E-state index in [0.29, 0.717) is 17.7 Å². The molecule has 2 atom stereocenters. The largest absolute Gasteiger partial charge is 0.445 e. The van der Waals surface area contributed by atoms with Gasteiger partial charge < -0.3 is 31.3 Å². The quantitative estimate of drug-likeness (QED) is 0.0653. The van der Waals surface area contributed by atoms with Gasteiger partial charge >= 0.3 is 11.7 Å². The normalized spacial score (nSPS) is 12.0. The highest BCUT2D eigenvalue weighted by Crippen LogP contribution is 2.22. The number of amides is 3. The maximum Gasteiger partial charge on any atom is 0.408 e. The van der Waals surface area contributed by atoms with Crippen LogP contribution in [0.15, 0.2) is 99.1 Å². The van der Waals surface area contributed by atoms with Crippen molar-refractivity contribution in [2.24, 2.45) is 16.5 Å². The van der Waals surface area contributed by atoms with Crippen LogP contribution in [0.25, 0.3) is 11.0 Å². The zero-order valence-electron chi connectivity index (χ0n) is 24.8. The van der Waals surface area contributed by atoms with Crippen molar-refractivity contribution in [2.45, 2.75) is 44.9 Å². The van der Waals surface area contributed by atoms with E-state index in [2.05, 4.69) is 20.9 Å². The highest BCUT2D eigenvalue weighted by Gasteiger charge is 2.27. The standard InChI is InChI=1S/C33H36N6O6/c1-21-17-29(40)45-28-19-24(14-15-25(21)28)37-26(13-8-16-36-32(34)35)30(41)39-31(42)27(18-22-9-4-2-5-10-22)38-33(43)44-20-23-11-6-3-7-12-23/h2-7,9-12,14-15,17,19,26-27,37H,8,13,16,18,20H2,1H3,(H,38,43)(H4,34,35,36)(H,39,41,42). The molecule has 12 nitrogen and oxygen atoms in total. The van der Waals surface area contributed by atoms with Crippen molar-refractivity contribution < 1.29 is 23.5 Å². The molecule has 0 fully saturated rings. The SMILES string of the molecule is Cc1cc(=O)oc2cc(NC(CCCN=C(N)N)C(=O)NC(=O)C(Cc3ccccc3)NC(=O)OCc3ccccc3)ccc12. The van der Waals surface area contributed by atoms with Crippen molar-refractivity contribution in [3.63, 3.8) is 0 Å². The number of hydrogen-bond acceptors (Lipinski definition) is 8. The van der Waals surface area contributed by atoms with Crippen LogP contribution in [0.5, 0.6) is 0 Å². The Bertz CT molecular complexity index is 1700. The van der Waals surface area contributed by atoms with E-state index < -0.39 is 35.6 Å². The molecule has 0 aliphatic rings. The first-order valence-corrected chi connectivity index (χ1v) is 14.4. The van der Waals surface area contributed by atoms with Crippen molar-refractivity contribution in [2.75, 3.05) is 11.9 Å². The average molecular weight is 613 g/mol. The molecule has 2 unspecified atom stereocenters. The van der Waals surface area contributed by atoms with Gasteiger partial charge in [0.1, 0.15) is 24.3 Å². The van der Waals surface area contributed by atoms with E-state index in [0.717, 1.165) is 22.1 Å². The van der Waals surface area contributed by atoms with Gasteiger partial charge in [0.2, 0.25) is 11.8 Å². The summed E-state index contributed by atoms with van der Waals surface area (Å²) in [6.07, 6.45) is -0.0216. The van der Waals surface area contributed by atoms with Crippen molar-refractivity contribution >= 4 is 40.5 Å². The predicted octanol–water partition coefficient (Wildman–Crippen LogP) is 3.12. The lowest BCUT2D eigenvalue weighted by atomic mass is 10.0. The maximum atomic E-state index is 13.5. The van der Waals surface area contributed by atoms with Crippen LogP contribution in [0.3, 0.4) is 0 Å². The highest BCUT2D eigenvalue weighted by molar-refractivity contribution is 6.02. The minimum Gasteiger partial charge on any atom is -0.445 e. The molecule has 1 heterocycles. The molecule has 0 aliphatic heterocycles. The summed E-state index contributed by atoms with van der Waals surface area (Å²) in [4.78, 5) is 55.6. The molecule has 234 valence electrons. The first-order valence-electron chi connectivity index (χ1n) is 14.4. The third-order valence-corrected chi connectivity index (χ3v) is 6.90. The molecule has 0 bridgehead atoms. The Morgan fingerprint density at radius 2 is 1.56 bits per heavy atom. The first kappa shape index (κ1) is 32.3. The second-order valence-electron chi connectivity index (χ2n) is 10.4. The van der Waals surface area contributed by atoms with Crippen LogP contribution in [0, 0.1) is 6.92 Å². The van der Waals surface area contributed by atoms with Crippen LogP contribution in [-0.2, 0) is 27.4 Å². The maximum absolute atomic E-state index is 13.5. The van der Waals surface area contributed by atoms with E-state index in [-0.39, 0.29) is 32.0 Å². The number of hydrogen-bond donors (Lipinski definition) is 5. The van der Waals surface area contributed by atoms with Crippen molar-refractivity contribution in [3.05, 3.63) is 112 Å². The summed E-state index contributed by atoms with van der Waals surface area (Å²) < 4.78 is 10.7. The van der Waals surface area contributed by atoms with Gasteiger partial charge in [0.15, 0.2) is 5.96 Å². The minimum atomic E-state index is -1.11. The molecule has 0 aliphatic carbocycles. The van der Waals surface area contributed by atoms with Crippen molar-refractivity contribution in [3.8, 4) is 0 Å². The topological polar surface area (TPSA) is 191 Å². The minimum absolute atomic E-state index is 0.0124. The molecular formula is C33H36N6O6. The molecule has 3 aromatic carbocycles. The number of alkyl carbamates (subject to hydrolysis) is 1. The number of nitrogens with two attached hydrogens (primary N) is 2.